The van der Waals surface area contributed by atoms with Crippen molar-refractivity contribution in [1.29, 1.82) is 0 Å². The fraction of sp³-hybridized carbons (Fsp3) is 0.304. The van der Waals surface area contributed by atoms with Gasteiger partial charge in [-0.25, -0.2) is 9.97 Å². The summed E-state index contributed by atoms with van der Waals surface area (Å²) < 4.78 is 5.49. The maximum Gasteiger partial charge on any atom is 0.146 e. The zero-order valence-electron chi connectivity index (χ0n) is 17.4. The Morgan fingerprint density at radius 1 is 1.10 bits per heavy atom. The third-order valence-electron chi connectivity index (χ3n) is 5.39. The van der Waals surface area contributed by atoms with Gasteiger partial charge in [-0.3, -0.25) is 14.9 Å². The van der Waals surface area contributed by atoms with Gasteiger partial charge in [0.2, 0.25) is 0 Å². The normalized spacial score (nSPS) is 14.7. The van der Waals surface area contributed by atoms with E-state index in [0.29, 0.717) is 6.54 Å². The number of ether oxygens (including phenoxy) is 1. The van der Waals surface area contributed by atoms with Gasteiger partial charge in [0.1, 0.15) is 16.5 Å². The zero-order chi connectivity index (χ0) is 21.0. The lowest BCUT2D eigenvalue weighted by Gasteiger charge is -2.26. The summed E-state index contributed by atoms with van der Waals surface area (Å²) in [7, 11) is 2.06. The van der Waals surface area contributed by atoms with Gasteiger partial charge in [0.25, 0.3) is 0 Å². The minimum Gasteiger partial charge on any atom is -0.379 e. The number of aromatic nitrogens is 4. The van der Waals surface area contributed by atoms with E-state index in [1.807, 2.05) is 6.07 Å². The third-order valence-corrected chi connectivity index (χ3v) is 6.26. The van der Waals surface area contributed by atoms with Crippen LogP contribution < -0.4 is 4.90 Å². The van der Waals surface area contributed by atoms with E-state index in [1.54, 1.807) is 29.9 Å². The second kappa shape index (κ2) is 9.05. The lowest BCUT2D eigenvalue weighted by Crippen LogP contribution is -2.36. The molecule has 1 aliphatic rings. The van der Waals surface area contributed by atoms with Crippen molar-refractivity contribution in [2.45, 2.75) is 13.1 Å². The van der Waals surface area contributed by atoms with Gasteiger partial charge in [-0.2, -0.15) is 0 Å². The van der Waals surface area contributed by atoms with Crippen LogP contribution in [-0.2, 0) is 17.8 Å². The fourth-order valence-corrected chi connectivity index (χ4v) is 4.79. The third kappa shape index (κ3) is 4.41. The van der Waals surface area contributed by atoms with Crippen LogP contribution in [0.3, 0.4) is 0 Å². The summed E-state index contributed by atoms with van der Waals surface area (Å²) in [6.07, 6.45) is 5.22. The maximum atomic E-state index is 5.49. The molecule has 3 aromatic heterocycles. The average molecular weight is 433 g/mol. The summed E-state index contributed by atoms with van der Waals surface area (Å²) in [5.74, 6) is 1.77. The molecule has 0 atom stereocenters. The van der Waals surface area contributed by atoms with Crippen LogP contribution in [0.1, 0.15) is 11.5 Å². The average Bonchev–Trinajstić information content (AvgIpc) is 3.24. The Kier molecular flexibility index (Phi) is 5.84. The van der Waals surface area contributed by atoms with E-state index >= 15 is 0 Å². The van der Waals surface area contributed by atoms with E-state index < -0.39 is 0 Å². The standard InChI is InChI=1S/C23H24N6OS/c1-28(14-18-13-24-7-8-25-18)22-21-19(17-5-3-2-4-6-17)16-31-23(21)27-20(26-22)15-29-9-11-30-12-10-29/h2-8,13,16H,9-12,14-15H2,1H3. The van der Waals surface area contributed by atoms with Crippen LogP contribution in [0.15, 0.2) is 54.3 Å². The Morgan fingerprint density at radius 3 is 2.71 bits per heavy atom. The van der Waals surface area contributed by atoms with Gasteiger partial charge in [-0.05, 0) is 5.56 Å². The topological polar surface area (TPSA) is 67.3 Å². The Bertz CT molecular complexity index is 1140. The molecular formula is C23H24N6OS. The van der Waals surface area contributed by atoms with E-state index in [-0.39, 0.29) is 0 Å². The highest BCUT2D eigenvalue weighted by molar-refractivity contribution is 7.17. The maximum absolute atomic E-state index is 5.49. The van der Waals surface area contributed by atoms with Crippen LogP contribution in [0.5, 0.6) is 0 Å². The number of rotatable bonds is 6. The quantitative estimate of drug-likeness (QED) is 0.461. The second-order valence-electron chi connectivity index (χ2n) is 7.60. The largest absolute Gasteiger partial charge is 0.379 e. The molecule has 1 aliphatic heterocycles. The molecule has 5 rings (SSSR count). The number of morpholine rings is 1. The molecule has 1 saturated heterocycles. The summed E-state index contributed by atoms with van der Waals surface area (Å²) >= 11 is 1.67. The van der Waals surface area contributed by atoms with Crippen molar-refractivity contribution in [3.63, 3.8) is 0 Å². The van der Waals surface area contributed by atoms with E-state index in [4.69, 9.17) is 14.7 Å². The van der Waals surface area contributed by atoms with Gasteiger partial charge >= 0.3 is 0 Å². The smallest absolute Gasteiger partial charge is 0.146 e. The van der Waals surface area contributed by atoms with Gasteiger partial charge in [0.15, 0.2) is 0 Å². The molecule has 4 aromatic rings. The van der Waals surface area contributed by atoms with Crippen molar-refractivity contribution in [1.82, 2.24) is 24.8 Å². The molecule has 0 radical (unpaired) electrons. The van der Waals surface area contributed by atoms with Crippen molar-refractivity contribution >= 4 is 27.4 Å². The number of fused-ring (bicyclic) bond motifs is 1. The molecule has 1 fully saturated rings. The predicted molar refractivity (Wildman–Crippen MR) is 123 cm³/mol. The highest BCUT2D eigenvalue weighted by Crippen LogP contribution is 2.38. The molecule has 4 heterocycles. The van der Waals surface area contributed by atoms with E-state index in [9.17, 15) is 0 Å². The highest BCUT2D eigenvalue weighted by Gasteiger charge is 2.20. The lowest BCUT2D eigenvalue weighted by atomic mass is 10.1. The first-order chi connectivity index (χ1) is 15.3. The van der Waals surface area contributed by atoms with Crippen LogP contribution in [0.4, 0.5) is 5.82 Å². The molecule has 0 amide bonds. The van der Waals surface area contributed by atoms with Gasteiger partial charge in [0.05, 0.1) is 43.6 Å². The Balaban J connectivity index is 1.57. The minimum atomic E-state index is 0.626. The summed E-state index contributed by atoms with van der Waals surface area (Å²) in [5, 5.41) is 3.28. The Labute approximate surface area is 185 Å². The van der Waals surface area contributed by atoms with Crippen molar-refractivity contribution in [2.75, 3.05) is 38.3 Å². The zero-order valence-corrected chi connectivity index (χ0v) is 18.3. The van der Waals surface area contributed by atoms with Crippen molar-refractivity contribution in [3.8, 4) is 11.1 Å². The van der Waals surface area contributed by atoms with Crippen molar-refractivity contribution < 1.29 is 4.74 Å². The summed E-state index contributed by atoms with van der Waals surface area (Å²) in [4.78, 5) is 24.1. The Morgan fingerprint density at radius 2 is 1.94 bits per heavy atom. The first-order valence-corrected chi connectivity index (χ1v) is 11.3. The SMILES string of the molecule is CN(Cc1cnccn1)c1nc(CN2CCOCC2)nc2scc(-c3ccccc3)c12. The lowest BCUT2D eigenvalue weighted by molar-refractivity contribution is 0.0331. The van der Waals surface area contributed by atoms with E-state index in [0.717, 1.165) is 60.4 Å². The van der Waals surface area contributed by atoms with Crippen LogP contribution in [0.25, 0.3) is 21.3 Å². The molecule has 8 heteroatoms. The molecule has 158 valence electrons. The number of hydrogen-bond donors (Lipinski definition) is 0. The molecule has 0 spiro atoms. The summed E-state index contributed by atoms with van der Waals surface area (Å²) in [6, 6.07) is 10.4. The number of hydrogen-bond acceptors (Lipinski definition) is 8. The molecule has 0 unspecified atom stereocenters. The van der Waals surface area contributed by atoms with Crippen molar-refractivity contribution in [3.05, 3.63) is 65.8 Å². The molecule has 7 nitrogen and oxygen atoms in total. The number of benzene rings is 1. The molecule has 31 heavy (non-hydrogen) atoms. The van der Waals surface area contributed by atoms with Crippen LogP contribution >= 0.6 is 11.3 Å². The molecular weight excluding hydrogens is 408 g/mol. The minimum absolute atomic E-state index is 0.626. The van der Waals surface area contributed by atoms with Gasteiger partial charge < -0.3 is 9.64 Å². The molecule has 0 bridgehead atoms. The van der Waals surface area contributed by atoms with E-state index in [1.165, 1.54) is 11.1 Å². The molecule has 1 aromatic carbocycles. The Hall–Kier alpha value is -2.94. The molecule has 0 aliphatic carbocycles. The first-order valence-electron chi connectivity index (χ1n) is 10.4. The molecule has 0 saturated carbocycles. The number of thiophene rings is 1. The van der Waals surface area contributed by atoms with Crippen LogP contribution in [0, 0.1) is 0 Å². The van der Waals surface area contributed by atoms with Gasteiger partial charge in [-0.15, -0.1) is 11.3 Å². The highest BCUT2D eigenvalue weighted by atomic mass is 32.1. The van der Waals surface area contributed by atoms with E-state index in [2.05, 4.69) is 56.5 Å². The summed E-state index contributed by atoms with van der Waals surface area (Å²) in [6.45, 7) is 4.69. The fourth-order valence-electron chi connectivity index (χ4n) is 3.83. The van der Waals surface area contributed by atoms with Crippen LogP contribution in [0.2, 0.25) is 0 Å². The number of anilines is 1. The second-order valence-corrected chi connectivity index (χ2v) is 8.46. The number of nitrogens with zero attached hydrogens (tertiary/aromatic N) is 6. The predicted octanol–water partition coefficient (Wildman–Crippen LogP) is 3.62. The van der Waals surface area contributed by atoms with Gasteiger partial charge in [-0.1, -0.05) is 30.3 Å². The monoisotopic (exact) mass is 432 g/mol. The van der Waals surface area contributed by atoms with Gasteiger partial charge in [0, 0.05) is 43.5 Å². The summed E-state index contributed by atoms with van der Waals surface area (Å²) in [5.41, 5.74) is 3.25. The first kappa shape index (κ1) is 20.0. The van der Waals surface area contributed by atoms with Crippen molar-refractivity contribution in [2.24, 2.45) is 0 Å². The van der Waals surface area contributed by atoms with Crippen LogP contribution in [-0.4, -0.2) is 58.2 Å². The molecule has 0 N–H and O–H groups in total.